The first-order valence-corrected chi connectivity index (χ1v) is 10.7. The number of halogens is 1. The van der Waals surface area contributed by atoms with Crippen molar-refractivity contribution in [3.63, 3.8) is 0 Å². The lowest BCUT2D eigenvalue weighted by atomic mass is 10.1. The Bertz CT molecular complexity index is 1130. The van der Waals surface area contributed by atoms with Gasteiger partial charge in [0.05, 0.1) is 4.90 Å². The number of benzene rings is 2. The standard InChI is InChI=1S/C19H19ClN4O7S/c1-10(24-32(29,30)15-4-2-13(20)3-5-15)19(28)31-9-16(25)23-14-7-11(17(21)26)6-12(8-14)18(22)27/h2-8,10,24H,9H2,1H3,(H2,21,26)(H2,22,27)(H,23,25)/t10-/m0/s1. The van der Waals surface area contributed by atoms with Gasteiger partial charge in [-0.15, -0.1) is 0 Å². The second kappa shape index (κ2) is 10.2. The topological polar surface area (TPSA) is 188 Å². The van der Waals surface area contributed by atoms with Gasteiger partial charge in [-0.05, 0) is 49.4 Å². The van der Waals surface area contributed by atoms with Crippen molar-refractivity contribution in [1.82, 2.24) is 4.72 Å². The van der Waals surface area contributed by atoms with Crippen LogP contribution in [0.3, 0.4) is 0 Å². The highest BCUT2D eigenvalue weighted by Crippen LogP contribution is 2.16. The summed E-state index contributed by atoms with van der Waals surface area (Å²) >= 11 is 5.72. The minimum absolute atomic E-state index is 0.0210. The molecule has 0 fully saturated rings. The number of primary amides is 2. The molecule has 2 rings (SSSR count). The lowest BCUT2D eigenvalue weighted by molar-refractivity contribution is -0.148. The lowest BCUT2D eigenvalue weighted by Gasteiger charge is -2.14. The van der Waals surface area contributed by atoms with E-state index in [1.165, 1.54) is 43.3 Å². The third-order valence-corrected chi connectivity index (χ3v) is 5.75. The molecule has 0 aliphatic rings. The van der Waals surface area contributed by atoms with E-state index in [9.17, 15) is 27.6 Å². The molecule has 0 bridgehead atoms. The molecule has 11 nitrogen and oxygen atoms in total. The first-order valence-electron chi connectivity index (χ1n) is 8.88. The van der Waals surface area contributed by atoms with E-state index in [0.717, 1.165) is 6.07 Å². The number of carbonyl (C=O) groups is 4. The van der Waals surface area contributed by atoms with Gasteiger partial charge in [0.2, 0.25) is 21.8 Å². The molecule has 0 unspecified atom stereocenters. The van der Waals surface area contributed by atoms with Gasteiger partial charge >= 0.3 is 5.97 Å². The summed E-state index contributed by atoms with van der Waals surface area (Å²) in [6, 6.07) is 7.54. The van der Waals surface area contributed by atoms with Crippen molar-refractivity contribution in [1.29, 1.82) is 0 Å². The zero-order chi connectivity index (χ0) is 24.1. The van der Waals surface area contributed by atoms with Gasteiger partial charge in [-0.2, -0.15) is 4.72 Å². The van der Waals surface area contributed by atoms with Gasteiger partial charge in [0, 0.05) is 21.8 Å². The van der Waals surface area contributed by atoms with E-state index in [4.69, 9.17) is 27.8 Å². The van der Waals surface area contributed by atoms with Crippen LogP contribution in [-0.4, -0.2) is 44.8 Å². The molecular formula is C19H19ClN4O7S. The van der Waals surface area contributed by atoms with Crippen LogP contribution >= 0.6 is 11.6 Å². The van der Waals surface area contributed by atoms with Gasteiger partial charge < -0.3 is 21.5 Å². The average Bonchev–Trinajstić information content (AvgIpc) is 2.71. The maximum absolute atomic E-state index is 12.3. The molecule has 32 heavy (non-hydrogen) atoms. The molecular weight excluding hydrogens is 464 g/mol. The predicted molar refractivity (Wildman–Crippen MR) is 114 cm³/mol. The van der Waals surface area contributed by atoms with E-state index >= 15 is 0 Å². The number of anilines is 1. The fourth-order valence-electron chi connectivity index (χ4n) is 2.41. The summed E-state index contributed by atoms with van der Waals surface area (Å²) in [4.78, 5) is 46.8. The Labute approximate surface area is 188 Å². The lowest BCUT2D eigenvalue weighted by Crippen LogP contribution is -2.40. The number of ether oxygens (including phenoxy) is 1. The largest absolute Gasteiger partial charge is 0.454 e. The Morgan fingerprint density at radius 1 is 1.00 bits per heavy atom. The molecule has 0 saturated carbocycles. The molecule has 0 heterocycles. The molecule has 3 amide bonds. The zero-order valence-electron chi connectivity index (χ0n) is 16.6. The van der Waals surface area contributed by atoms with E-state index in [1.807, 2.05) is 0 Å². The van der Waals surface area contributed by atoms with Gasteiger partial charge in [0.1, 0.15) is 6.04 Å². The van der Waals surface area contributed by atoms with Crippen LogP contribution in [0.15, 0.2) is 47.4 Å². The zero-order valence-corrected chi connectivity index (χ0v) is 18.2. The third-order valence-electron chi connectivity index (χ3n) is 3.94. The van der Waals surface area contributed by atoms with E-state index in [0.29, 0.717) is 5.02 Å². The third kappa shape index (κ3) is 6.77. The number of nitrogens with two attached hydrogens (primary N) is 2. The molecule has 170 valence electrons. The van der Waals surface area contributed by atoms with Crippen molar-refractivity contribution in [2.45, 2.75) is 17.9 Å². The quantitative estimate of drug-likeness (QED) is 0.371. The average molecular weight is 483 g/mol. The Kier molecular flexibility index (Phi) is 7.92. The summed E-state index contributed by atoms with van der Waals surface area (Å²) < 4.78 is 31.5. The highest BCUT2D eigenvalue weighted by atomic mass is 35.5. The monoisotopic (exact) mass is 482 g/mol. The summed E-state index contributed by atoms with van der Waals surface area (Å²) in [5.74, 6) is -3.53. The minimum Gasteiger partial charge on any atom is -0.454 e. The Morgan fingerprint density at radius 2 is 1.53 bits per heavy atom. The molecule has 0 aliphatic heterocycles. The normalized spacial score (nSPS) is 11.9. The van der Waals surface area contributed by atoms with Gasteiger partial charge in [-0.3, -0.25) is 19.2 Å². The Morgan fingerprint density at radius 3 is 2.03 bits per heavy atom. The number of amides is 3. The summed E-state index contributed by atoms with van der Waals surface area (Å²) in [6.07, 6.45) is 0. The second-order valence-electron chi connectivity index (χ2n) is 6.48. The van der Waals surface area contributed by atoms with Crippen LogP contribution in [0.25, 0.3) is 0 Å². The summed E-state index contributed by atoms with van der Waals surface area (Å²) in [6.45, 7) is 0.474. The number of hydrogen-bond acceptors (Lipinski definition) is 7. The van der Waals surface area contributed by atoms with Crippen LogP contribution in [0.2, 0.25) is 5.02 Å². The molecule has 2 aromatic carbocycles. The number of rotatable bonds is 9. The maximum atomic E-state index is 12.3. The first-order chi connectivity index (χ1) is 14.9. The van der Waals surface area contributed by atoms with Crippen LogP contribution in [0.5, 0.6) is 0 Å². The molecule has 6 N–H and O–H groups in total. The first kappa shape index (κ1) is 24.8. The SMILES string of the molecule is C[C@H](NS(=O)(=O)c1ccc(Cl)cc1)C(=O)OCC(=O)Nc1cc(C(N)=O)cc(C(N)=O)c1. The van der Waals surface area contributed by atoms with Gasteiger partial charge in [0.25, 0.3) is 5.91 Å². The van der Waals surface area contributed by atoms with Crippen LogP contribution in [0, 0.1) is 0 Å². The minimum atomic E-state index is -4.03. The molecule has 0 aliphatic carbocycles. The van der Waals surface area contributed by atoms with Crippen molar-refractivity contribution in [3.05, 3.63) is 58.6 Å². The Balaban J connectivity index is 1.97. The van der Waals surface area contributed by atoms with Crippen molar-refractivity contribution >= 4 is 51.0 Å². The van der Waals surface area contributed by atoms with Crippen LogP contribution < -0.4 is 21.5 Å². The van der Waals surface area contributed by atoms with E-state index in [2.05, 4.69) is 10.0 Å². The smallest absolute Gasteiger partial charge is 0.324 e. The van der Waals surface area contributed by atoms with Gasteiger partial charge in [-0.1, -0.05) is 11.6 Å². The fourth-order valence-corrected chi connectivity index (χ4v) is 3.72. The highest BCUT2D eigenvalue weighted by molar-refractivity contribution is 7.89. The predicted octanol–water partition coefficient (Wildman–Crippen LogP) is 0.387. The summed E-state index contributed by atoms with van der Waals surface area (Å²) in [5.41, 5.74) is 10.2. The summed E-state index contributed by atoms with van der Waals surface area (Å²) in [7, 11) is -4.03. The van der Waals surface area contributed by atoms with Crippen LogP contribution in [0.4, 0.5) is 5.69 Å². The van der Waals surface area contributed by atoms with E-state index in [-0.39, 0.29) is 21.7 Å². The maximum Gasteiger partial charge on any atom is 0.324 e. The van der Waals surface area contributed by atoms with E-state index in [1.54, 1.807) is 0 Å². The number of hydrogen-bond donors (Lipinski definition) is 4. The molecule has 0 radical (unpaired) electrons. The van der Waals surface area contributed by atoms with E-state index < -0.39 is 46.4 Å². The van der Waals surface area contributed by atoms with Crippen molar-refractivity contribution < 1.29 is 32.3 Å². The second-order valence-corrected chi connectivity index (χ2v) is 8.63. The van der Waals surface area contributed by atoms with Gasteiger partial charge in [0.15, 0.2) is 6.61 Å². The molecule has 2 aromatic rings. The molecule has 0 aromatic heterocycles. The molecule has 0 spiro atoms. The highest BCUT2D eigenvalue weighted by Gasteiger charge is 2.24. The molecule has 13 heteroatoms. The van der Waals surface area contributed by atoms with Crippen molar-refractivity contribution in [2.75, 3.05) is 11.9 Å². The summed E-state index contributed by atoms with van der Waals surface area (Å²) in [5, 5.41) is 2.66. The van der Waals surface area contributed by atoms with Crippen LogP contribution in [-0.2, 0) is 24.3 Å². The molecule has 1 atom stereocenters. The molecule has 0 saturated heterocycles. The number of carbonyl (C=O) groups excluding carboxylic acids is 4. The fraction of sp³-hybridized carbons (Fsp3) is 0.158. The number of sulfonamides is 1. The van der Waals surface area contributed by atoms with Crippen molar-refractivity contribution in [3.8, 4) is 0 Å². The number of nitrogens with one attached hydrogen (secondary N) is 2. The number of esters is 1. The van der Waals surface area contributed by atoms with Crippen molar-refractivity contribution in [2.24, 2.45) is 11.5 Å². The van der Waals surface area contributed by atoms with Crippen LogP contribution in [0.1, 0.15) is 27.6 Å². The Hall–Kier alpha value is -3.48. The van der Waals surface area contributed by atoms with Gasteiger partial charge in [-0.25, -0.2) is 8.42 Å².